The maximum Gasteiger partial charge on any atom is 0.248 e. The van der Waals surface area contributed by atoms with Crippen molar-refractivity contribution < 1.29 is 9.32 Å². The lowest BCUT2D eigenvalue weighted by atomic mass is 10.2. The standard InChI is InChI=1S/C12H8ClN5O2/c13-9-3-1-8(2-4-9)12-14-11(20-16-12)6-18-5-10(7-19)15-17-18/h1-5,7H,6H2. The van der Waals surface area contributed by atoms with Gasteiger partial charge in [0.15, 0.2) is 6.29 Å². The van der Waals surface area contributed by atoms with Gasteiger partial charge in [0.25, 0.3) is 0 Å². The van der Waals surface area contributed by atoms with Crippen LogP contribution in [0, 0.1) is 0 Å². The zero-order valence-electron chi connectivity index (χ0n) is 10.1. The van der Waals surface area contributed by atoms with Gasteiger partial charge in [0, 0.05) is 10.6 Å². The second kappa shape index (κ2) is 5.22. The Kier molecular flexibility index (Phi) is 3.26. The van der Waals surface area contributed by atoms with Crippen molar-refractivity contribution in [3.05, 3.63) is 47.1 Å². The molecule has 2 heterocycles. The highest BCUT2D eigenvalue weighted by Gasteiger charge is 2.10. The summed E-state index contributed by atoms with van der Waals surface area (Å²) in [6.45, 7) is 0.251. The van der Waals surface area contributed by atoms with Crippen molar-refractivity contribution in [2.45, 2.75) is 6.54 Å². The molecular formula is C12H8ClN5O2. The van der Waals surface area contributed by atoms with Crippen LogP contribution in [-0.2, 0) is 6.54 Å². The molecule has 0 bridgehead atoms. The van der Waals surface area contributed by atoms with E-state index in [1.165, 1.54) is 10.9 Å². The average molecular weight is 290 g/mol. The summed E-state index contributed by atoms with van der Waals surface area (Å²) in [6.07, 6.45) is 2.12. The van der Waals surface area contributed by atoms with E-state index in [9.17, 15) is 4.79 Å². The first-order valence-corrected chi connectivity index (χ1v) is 6.06. The van der Waals surface area contributed by atoms with Crippen LogP contribution in [0.5, 0.6) is 0 Å². The van der Waals surface area contributed by atoms with Crippen LogP contribution in [0.2, 0.25) is 5.02 Å². The number of aldehydes is 1. The van der Waals surface area contributed by atoms with Gasteiger partial charge >= 0.3 is 0 Å². The first kappa shape index (κ1) is 12.5. The smallest absolute Gasteiger partial charge is 0.248 e. The fourth-order valence-electron chi connectivity index (χ4n) is 1.62. The predicted octanol–water partition coefficient (Wildman–Crippen LogP) is 1.84. The highest BCUT2D eigenvalue weighted by molar-refractivity contribution is 6.30. The van der Waals surface area contributed by atoms with Gasteiger partial charge in [-0.05, 0) is 24.3 Å². The van der Waals surface area contributed by atoms with Gasteiger partial charge in [0.05, 0.1) is 6.20 Å². The molecule has 3 aromatic rings. The Labute approximate surface area is 118 Å². The molecule has 0 saturated carbocycles. The van der Waals surface area contributed by atoms with Crippen LogP contribution in [0.15, 0.2) is 35.0 Å². The van der Waals surface area contributed by atoms with Crippen molar-refractivity contribution in [1.82, 2.24) is 25.1 Å². The Hall–Kier alpha value is -2.54. The molecule has 100 valence electrons. The third-order valence-corrected chi connectivity index (χ3v) is 2.80. The van der Waals surface area contributed by atoms with Crippen LogP contribution in [0.3, 0.4) is 0 Å². The van der Waals surface area contributed by atoms with Crippen molar-refractivity contribution in [2.24, 2.45) is 0 Å². The third kappa shape index (κ3) is 2.57. The Morgan fingerprint density at radius 3 is 2.80 bits per heavy atom. The molecule has 0 saturated heterocycles. The lowest BCUT2D eigenvalue weighted by Crippen LogP contribution is -2.00. The molecule has 0 atom stereocenters. The van der Waals surface area contributed by atoms with Crippen molar-refractivity contribution >= 4 is 17.9 Å². The van der Waals surface area contributed by atoms with E-state index in [-0.39, 0.29) is 12.2 Å². The molecular weight excluding hydrogens is 282 g/mol. The largest absolute Gasteiger partial charge is 0.337 e. The van der Waals surface area contributed by atoms with E-state index in [1.807, 2.05) is 0 Å². The Morgan fingerprint density at radius 1 is 1.30 bits per heavy atom. The van der Waals surface area contributed by atoms with E-state index >= 15 is 0 Å². The zero-order chi connectivity index (χ0) is 13.9. The van der Waals surface area contributed by atoms with E-state index in [4.69, 9.17) is 16.1 Å². The number of rotatable bonds is 4. The number of carbonyl (C=O) groups is 1. The van der Waals surface area contributed by atoms with Crippen molar-refractivity contribution in [2.75, 3.05) is 0 Å². The first-order valence-electron chi connectivity index (χ1n) is 5.68. The summed E-state index contributed by atoms with van der Waals surface area (Å²) in [4.78, 5) is 14.8. The molecule has 7 nitrogen and oxygen atoms in total. The summed E-state index contributed by atoms with van der Waals surface area (Å²) in [6, 6.07) is 7.11. The van der Waals surface area contributed by atoms with Gasteiger partial charge < -0.3 is 4.52 Å². The van der Waals surface area contributed by atoms with Crippen LogP contribution < -0.4 is 0 Å². The first-order chi connectivity index (χ1) is 9.74. The number of halogens is 1. The number of hydrogen-bond acceptors (Lipinski definition) is 6. The minimum atomic E-state index is 0.251. The highest BCUT2D eigenvalue weighted by atomic mass is 35.5. The molecule has 0 fully saturated rings. The number of benzene rings is 1. The molecule has 0 aliphatic carbocycles. The van der Waals surface area contributed by atoms with E-state index < -0.39 is 0 Å². The Bertz CT molecular complexity index is 734. The van der Waals surface area contributed by atoms with E-state index in [0.717, 1.165) is 5.56 Å². The van der Waals surface area contributed by atoms with Gasteiger partial charge in [-0.2, -0.15) is 4.98 Å². The molecule has 0 radical (unpaired) electrons. The minimum absolute atomic E-state index is 0.251. The predicted molar refractivity (Wildman–Crippen MR) is 69.3 cm³/mol. The van der Waals surface area contributed by atoms with E-state index in [1.54, 1.807) is 24.3 Å². The summed E-state index contributed by atoms with van der Waals surface area (Å²) in [7, 11) is 0. The summed E-state index contributed by atoms with van der Waals surface area (Å²) < 4.78 is 6.57. The molecule has 20 heavy (non-hydrogen) atoms. The maximum absolute atomic E-state index is 10.5. The number of carbonyl (C=O) groups excluding carboxylic acids is 1. The van der Waals surface area contributed by atoms with Gasteiger partial charge in [-0.25, -0.2) is 4.68 Å². The monoisotopic (exact) mass is 289 g/mol. The molecule has 0 N–H and O–H groups in total. The van der Waals surface area contributed by atoms with Gasteiger partial charge in [0.2, 0.25) is 11.7 Å². The second-order valence-corrected chi connectivity index (χ2v) is 4.41. The lowest BCUT2D eigenvalue weighted by Gasteiger charge is -1.93. The SMILES string of the molecule is O=Cc1cn(Cc2nc(-c3ccc(Cl)cc3)no2)nn1. The summed E-state index contributed by atoms with van der Waals surface area (Å²) in [5.74, 6) is 0.838. The minimum Gasteiger partial charge on any atom is -0.337 e. The van der Waals surface area contributed by atoms with Crippen molar-refractivity contribution in [1.29, 1.82) is 0 Å². The fraction of sp³-hybridized carbons (Fsp3) is 0.0833. The molecule has 2 aromatic heterocycles. The molecule has 0 unspecified atom stereocenters. The quantitative estimate of drug-likeness (QED) is 0.681. The Morgan fingerprint density at radius 2 is 2.10 bits per heavy atom. The molecule has 0 aliphatic heterocycles. The molecule has 0 spiro atoms. The number of hydrogen-bond donors (Lipinski definition) is 0. The number of nitrogens with zero attached hydrogens (tertiary/aromatic N) is 5. The van der Waals surface area contributed by atoms with Gasteiger partial charge in [-0.15, -0.1) is 5.10 Å². The fourth-order valence-corrected chi connectivity index (χ4v) is 1.74. The average Bonchev–Trinajstić information content (AvgIpc) is 3.09. The Balaban J connectivity index is 1.79. The molecule has 3 rings (SSSR count). The molecule has 1 aromatic carbocycles. The van der Waals surface area contributed by atoms with Crippen LogP contribution in [0.1, 0.15) is 16.4 Å². The van der Waals surface area contributed by atoms with Crippen molar-refractivity contribution in [3.63, 3.8) is 0 Å². The molecule has 8 heteroatoms. The van der Waals surface area contributed by atoms with Gasteiger partial charge in [-0.1, -0.05) is 22.0 Å². The normalized spacial score (nSPS) is 10.7. The van der Waals surface area contributed by atoms with E-state index in [2.05, 4.69) is 20.5 Å². The topological polar surface area (TPSA) is 86.7 Å². The van der Waals surface area contributed by atoms with Crippen LogP contribution in [-0.4, -0.2) is 31.4 Å². The van der Waals surface area contributed by atoms with Gasteiger partial charge in [0.1, 0.15) is 12.2 Å². The second-order valence-electron chi connectivity index (χ2n) is 3.98. The molecule has 0 amide bonds. The highest BCUT2D eigenvalue weighted by Crippen LogP contribution is 2.18. The van der Waals surface area contributed by atoms with Crippen LogP contribution in [0.25, 0.3) is 11.4 Å². The number of aromatic nitrogens is 5. The van der Waals surface area contributed by atoms with E-state index in [0.29, 0.717) is 23.0 Å². The third-order valence-electron chi connectivity index (χ3n) is 2.54. The lowest BCUT2D eigenvalue weighted by molar-refractivity contribution is 0.111. The maximum atomic E-state index is 10.5. The van der Waals surface area contributed by atoms with Gasteiger partial charge in [-0.3, -0.25) is 4.79 Å². The van der Waals surface area contributed by atoms with Crippen LogP contribution in [0.4, 0.5) is 0 Å². The van der Waals surface area contributed by atoms with Crippen LogP contribution >= 0.6 is 11.6 Å². The zero-order valence-corrected chi connectivity index (χ0v) is 10.9. The summed E-state index contributed by atoms with van der Waals surface area (Å²) in [5, 5.41) is 11.9. The van der Waals surface area contributed by atoms with Crippen molar-refractivity contribution in [3.8, 4) is 11.4 Å². The summed E-state index contributed by atoms with van der Waals surface area (Å²) >= 11 is 5.82. The molecule has 0 aliphatic rings. The summed E-state index contributed by atoms with van der Waals surface area (Å²) in [5.41, 5.74) is 1.05.